The minimum Gasteiger partial charge on any atom is -0.496 e. The van der Waals surface area contributed by atoms with Gasteiger partial charge in [-0.1, -0.05) is 25.1 Å². The molecular formula is C17H23NO2. The molecule has 0 amide bonds. The highest BCUT2D eigenvalue weighted by Crippen LogP contribution is 2.47. The van der Waals surface area contributed by atoms with Gasteiger partial charge in [0.25, 0.3) is 0 Å². The normalized spacial score (nSPS) is 29.7. The van der Waals surface area contributed by atoms with Gasteiger partial charge >= 0.3 is 0 Å². The number of hydrogen-bond acceptors (Lipinski definition) is 3. The summed E-state index contributed by atoms with van der Waals surface area (Å²) >= 11 is 0. The highest BCUT2D eigenvalue weighted by Gasteiger charge is 2.44. The summed E-state index contributed by atoms with van der Waals surface area (Å²) in [5.41, 5.74) is 0.826. The molecule has 0 unspecified atom stereocenters. The molecule has 2 rings (SSSR count). The van der Waals surface area contributed by atoms with Gasteiger partial charge in [-0.05, 0) is 32.3 Å². The molecule has 0 bridgehead atoms. The smallest absolute Gasteiger partial charge is 0.122 e. The molecule has 0 N–H and O–H groups in total. The number of methoxy groups -OCH3 is 1. The summed E-state index contributed by atoms with van der Waals surface area (Å²) in [5, 5.41) is 9.32. The van der Waals surface area contributed by atoms with Crippen LogP contribution in [0, 0.1) is 11.3 Å². The Morgan fingerprint density at radius 2 is 2.15 bits per heavy atom. The van der Waals surface area contributed by atoms with E-state index in [1.807, 2.05) is 18.2 Å². The molecule has 3 heteroatoms. The van der Waals surface area contributed by atoms with Crippen LogP contribution >= 0.6 is 0 Å². The highest BCUT2D eigenvalue weighted by molar-refractivity contribution is 5.41. The molecule has 1 aromatic rings. The fourth-order valence-corrected chi connectivity index (χ4v) is 3.29. The van der Waals surface area contributed by atoms with Crippen molar-refractivity contribution in [2.75, 3.05) is 13.7 Å². The van der Waals surface area contributed by atoms with Crippen LogP contribution < -0.4 is 4.74 Å². The van der Waals surface area contributed by atoms with Crippen LogP contribution in [0.2, 0.25) is 0 Å². The summed E-state index contributed by atoms with van der Waals surface area (Å²) in [5.74, 6) is 0.878. The number of hydrogen-bond donors (Lipinski definition) is 0. The van der Waals surface area contributed by atoms with Crippen molar-refractivity contribution in [2.45, 2.75) is 50.5 Å². The zero-order valence-electron chi connectivity index (χ0n) is 12.6. The van der Waals surface area contributed by atoms with Crippen LogP contribution in [0.4, 0.5) is 0 Å². The molecule has 1 heterocycles. The summed E-state index contributed by atoms with van der Waals surface area (Å²) in [6, 6.07) is 10.4. The van der Waals surface area contributed by atoms with Crippen LogP contribution in [0.1, 0.15) is 45.1 Å². The zero-order valence-corrected chi connectivity index (χ0v) is 12.6. The first-order chi connectivity index (χ1) is 9.59. The number of rotatable bonds is 4. The molecule has 0 saturated carbocycles. The van der Waals surface area contributed by atoms with Gasteiger partial charge < -0.3 is 9.47 Å². The van der Waals surface area contributed by atoms with Gasteiger partial charge in [-0.2, -0.15) is 5.26 Å². The van der Waals surface area contributed by atoms with Crippen molar-refractivity contribution in [3.63, 3.8) is 0 Å². The van der Waals surface area contributed by atoms with Gasteiger partial charge in [0.2, 0.25) is 0 Å². The molecule has 20 heavy (non-hydrogen) atoms. The van der Waals surface area contributed by atoms with E-state index in [1.54, 1.807) is 7.11 Å². The number of nitrogens with zero attached hydrogens (tertiary/aromatic N) is 1. The fourth-order valence-electron chi connectivity index (χ4n) is 3.29. The van der Waals surface area contributed by atoms with Gasteiger partial charge in [0.05, 0.1) is 18.8 Å². The van der Waals surface area contributed by atoms with Crippen LogP contribution in [0.3, 0.4) is 0 Å². The van der Waals surface area contributed by atoms with Crippen LogP contribution in [0.5, 0.6) is 5.75 Å². The van der Waals surface area contributed by atoms with Crippen LogP contribution in [-0.2, 0) is 10.2 Å². The number of para-hydroxylation sites is 1. The topological polar surface area (TPSA) is 42.2 Å². The molecule has 1 fully saturated rings. The minimum absolute atomic E-state index is 0.157. The molecule has 1 aliphatic rings. The maximum atomic E-state index is 9.32. The quantitative estimate of drug-likeness (QED) is 0.837. The van der Waals surface area contributed by atoms with Crippen molar-refractivity contribution in [3.05, 3.63) is 29.8 Å². The second-order valence-corrected chi connectivity index (χ2v) is 5.89. The van der Waals surface area contributed by atoms with E-state index in [1.165, 1.54) is 0 Å². The maximum absolute atomic E-state index is 9.32. The predicted molar refractivity (Wildman–Crippen MR) is 78.8 cm³/mol. The molecule has 0 spiro atoms. The SMILES string of the molecule is CC[C@@]1(C)C[C@](CC#N)(c2ccccc2OC)CCO1. The Labute approximate surface area is 121 Å². The predicted octanol–water partition coefficient (Wildman–Crippen LogP) is 3.83. The van der Waals surface area contributed by atoms with Gasteiger partial charge in [0.15, 0.2) is 0 Å². The van der Waals surface area contributed by atoms with E-state index in [0.29, 0.717) is 13.0 Å². The van der Waals surface area contributed by atoms with Gasteiger partial charge in [-0.25, -0.2) is 0 Å². The van der Waals surface area contributed by atoms with Gasteiger partial charge in [-0.15, -0.1) is 0 Å². The Balaban J connectivity index is 2.47. The summed E-state index contributed by atoms with van der Waals surface area (Å²) in [7, 11) is 1.69. The number of nitriles is 1. The zero-order chi connectivity index (χ0) is 14.6. The Kier molecular flexibility index (Phi) is 4.35. The average molecular weight is 273 g/mol. The van der Waals surface area contributed by atoms with E-state index in [0.717, 1.165) is 30.6 Å². The van der Waals surface area contributed by atoms with Crippen molar-refractivity contribution in [1.82, 2.24) is 0 Å². The van der Waals surface area contributed by atoms with Crippen molar-refractivity contribution < 1.29 is 9.47 Å². The molecule has 1 saturated heterocycles. The third-order valence-corrected chi connectivity index (χ3v) is 4.59. The fraction of sp³-hybridized carbons (Fsp3) is 0.588. The first-order valence-corrected chi connectivity index (χ1v) is 7.23. The lowest BCUT2D eigenvalue weighted by atomic mass is 9.66. The highest BCUT2D eigenvalue weighted by atomic mass is 16.5. The first kappa shape index (κ1) is 14.9. The Morgan fingerprint density at radius 3 is 2.80 bits per heavy atom. The van der Waals surface area contributed by atoms with Crippen molar-refractivity contribution in [1.29, 1.82) is 5.26 Å². The third kappa shape index (κ3) is 2.66. The van der Waals surface area contributed by atoms with E-state index in [9.17, 15) is 5.26 Å². The van der Waals surface area contributed by atoms with Gasteiger partial charge in [0, 0.05) is 24.0 Å². The Bertz CT molecular complexity index is 508. The maximum Gasteiger partial charge on any atom is 0.122 e. The molecule has 108 valence electrons. The second-order valence-electron chi connectivity index (χ2n) is 5.89. The van der Waals surface area contributed by atoms with E-state index >= 15 is 0 Å². The molecular weight excluding hydrogens is 250 g/mol. The minimum atomic E-state index is -0.162. The van der Waals surface area contributed by atoms with Crippen LogP contribution in [0.15, 0.2) is 24.3 Å². The van der Waals surface area contributed by atoms with Gasteiger partial charge in [-0.3, -0.25) is 0 Å². The molecule has 0 aromatic heterocycles. The summed E-state index contributed by atoms with van der Waals surface area (Å²) in [6.07, 6.45) is 3.20. The van der Waals surface area contributed by atoms with Crippen molar-refractivity contribution >= 4 is 0 Å². The number of benzene rings is 1. The molecule has 3 nitrogen and oxygen atoms in total. The van der Waals surface area contributed by atoms with E-state index in [4.69, 9.17) is 9.47 Å². The summed E-state index contributed by atoms with van der Waals surface area (Å²) in [4.78, 5) is 0. The van der Waals surface area contributed by atoms with Crippen LogP contribution in [-0.4, -0.2) is 19.3 Å². The summed E-state index contributed by atoms with van der Waals surface area (Å²) < 4.78 is 11.5. The van der Waals surface area contributed by atoms with Crippen LogP contribution in [0.25, 0.3) is 0 Å². The van der Waals surface area contributed by atoms with E-state index in [-0.39, 0.29) is 11.0 Å². The molecule has 1 aromatic carbocycles. The molecule has 0 radical (unpaired) electrons. The van der Waals surface area contributed by atoms with E-state index in [2.05, 4.69) is 26.0 Å². The summed E-state index contributed by atoms with van der Waals surface area (Å²) in [6.45, 7) is 4.99. The number of ether oxygens (including phenoxy) is 2. The Hall–Kier alpha value is -1.53. The second kappa shape index (κ2) is 5.85. The molecule has 1 aliphatic heterocycles. The standard InChI is InChI=1S/C17H23NO2/c1-4-16(2)13-17(9-11-18,10-12-20-16)14-7-5-6-8-15(14)19-3/h5-8H,4,9-10,12-13H2,1-3H3/t16-,17+/m0/s1. The molecule has 2 atom stereocenters. The van der Waals surface area contributed by atoms with Crippen molar-refractivity contribution in [2.24, 2.45) is 0 Å². The lowest BCUT2D eigenvalue weighted by Crippen LogP contribution is -2.45. The lowest BCUT2D eigenvalue weighted by molar-refractivity contribution is -0.0960. The van der Waals surface area contributed by atoms with Crippen molar-refractivity contribution in [3.8, 4) is 11.8 Å². The molecule has 0 aliphatic carbocycles. The largest absolute Gasteiger partial charge is 0.496 e. The monoisotopic (exact) mass is 273 g/mol. The van der Waals surface area contributed by atoms with Gasteiger partial charge in [0.1, 0.15) is 5.75 Å². The average Bonchev–Trinajstić information content (AvgIpc) is 2.47. The Morgan fingerprint density at radius 1 is 1.40 bits per heavy atom. The first-order valence-electron chi connectivity index (χ1n) is 7.23. The van der Waals surface area contributed by atoms with E-state index < -0.39 is 0 Å². The third-order valence-electron chi connectivity index (χ3n) is 4.59. The lowest BCUT2D eigenvalue weighted by Gasteiger charge is -2.46.